The van der Waals surface area contributed by atoms with Crippen LogP contribution in [0.4, 0.5) is 5.69 Å². The van der Waals surface area contributed by atoms with E-state index in [9.17, 15) is 0 Å². The minimum atomic E-state index is 0.837. The molecule has 2 heterocycles. The maximum absolute atomic E-state index is 4.48. The van der Waals surface area contributed by atoms with E-state index in [1.165, 1.54) is 16.5 Å². The summed E-state index contributed by atoms with van der Waals surface area (Å²) in [4.78, 5) is 4.48. The molecule has 0 saturated heterocycles. The number of pyridine rings is 1. The fourth-order valence-electron chi connectivity index (χ4n) is 2.66. The number of aryl methyl sites for hydroxylation is 2. The van der Waals surface area contributed by atoms with Gasteiger partial charge in [-0.15, -0.1) is 0 Å². The van der Waals surface area contributed by atoms with Crippen LogP contribution in [0, 0.1) is 6.92 Å². The second-order valence-corrected chi connectivity index (χ2v) is 5.44. The van der Waals surface area contributed by atoms with E-state index < -0.39 is 0 Å². The number of anilines is 1. The van der Waals surface area contributed by atoms with Crippen LogP contribution in [0.5, 0.6) is 0 Å². The zero-order valence-electron chi connectivity index (χ0n) is 12.6. The molecular weight excluding hydrogens is 258 g/mol. The molecule has 0 radical (unpaired) electrons. The van der Waals surface area contributed by atoms with Gasteiger partial charge in [0.05, 0.1) is 5.52 Å². The Labute approximate surface area is 125 Å². The van der Waals surface area contributed by atoms with Crippen molar-refractivity contribution in [2.45, 2.75) is 33.4 Å². The third kappa shape index (κ3) is 2.92. The smallest absolute Gasteiger partial charge is 0.0751 e. The fraction of sp³-hybridized carbons (Fsp3) is 0.278. The molecule has 0 aliphatic rings. The molecule has 0 aliphatic carbocycles. The Hall–Kier alpha value is -2.29. The number of fused-ring (bicyclic) bond motifs is 1. The minimum absolute atomic E-state index is 0.837. The van der Waals surface area contributed by atoms with E-state index in [4.69, 9.17) is 0 Å². The SMILES string of the molecule is CCCn1ccc(CNc2ccc(C)c3ncccc23)c1. The number of benzene rings is 1. The maximum Gasteiger partial charge on any atom is 0.0751 e. The molecule has 2 aromatic heterocycles. The normalized spacial score (nSPS) is 11.0. The largest absolute Gasteiger partial charge is 0.380 e. The average Bonchev–Trinajstić information content (AvgIpc) is 2.95. The van der Waals surface area contributed by atoms with Gasteiger partial charge in [-0.3, -0.25) is 4.98 Å². The van der Waals surface area contributed by atoms with Gasteiger partial charge in [0.1, 0.15) is 0 Å². The third-order valence-electron chi connectivity index (χ3n) is 3.75. The first-order valence-electron chi connectivity index (χ1n) is 7.51. The van der Waals surface area contributed by atoms with Crippen molar-refractivity contribution in [2.24, 2.45) is 0 Å². The monoisotopic (exact) mass is 279 g/mol. The number of rotatable bonds is 5. The van der Waals surface area contributed by atoms with Gasteiger partial charge in [0, 0.05) is 42.8 Å². The molecule has 0 unspecified atom stereocenters. The first-order chi connectivity index (χ1) is 10.3. The van der Waals surface area contributed by atoms with Crippen molar-refractivity contribution in [1.29, 1.82) is 0 Å². The molecule has 0 bridgehead atoms. The average molecular weight is 279 g/mol. The van der Waals surface area contributed by atoms with Crippen molar-refractivity contribution in [3.05, 3.63) is 60.0 Å². The summed E-state index contributed by atoms with van der Waals surface area (Å²) >= 11 is 0. The van der Waals surface area contributed by atoms with Gasteiger partial charge < -0.3 is 9.88 Å². The summed E-state index contributed by atoms with van der Waals surface area (Å²) in [6.45, 7) is 6.22. The van der Waals surface area contributed by atoms with Crippen molar-refractivity contribution in [2.75, 3.05) is 5.32 Å². The summed E-state index contributed by atoms with van der Waals surface area (Å²) in [5.41, 5.74) is 4.74. The molecule has 3 aromatic rings. The Morgan fingerprint density at radius 2 is 2.10 bits per heavy atom. The highest BCUT2D eigenvalue weighted by Gasteiger charge is 2.04. The molecule has 1 aromatic carbocycles. The molecule has 0 atom stereocenters. The molecule has 0 spiro atoms. The van der Waals surface area contributed by atoms with Gasteiger partial charge in [0.25, 0.3) is 0 Å². The Balaban J connectivity index is 1.80. The van der Waals surface area contributed by atoms with Crippen LogP contribution in [0.3, 0.4) is 0 Å². The Morgan fingerprint density at radius 3 is 2.95 bits per heavy atom. The predicted octanol–water partition coefficient (Wildman–Crippen LogP) is 4.37. The zero-order chi connectivity index (χ0) is 14.7. The molecule has 0 fully saturated rings. The Morgan fingerprint density at radius 1 is 1.19 bits per heavy atom. The second kappa shape index (κ2) is 6.00. The number of aromatic nitrogens is 2. The standard InChI is InChI=1S/C18H21N3/c1-3-10-21-11-8-15(13-21)12-20-17-7-6-14(2)18-16(17)5-4-9-19-18/h4-9,11,13,20H,3,10,12H2,1-2H3. The fourth-order valence-corrected chi connectivity index (χ4v) is 2.66. The van der Waals surface area contributed by atoms with Gasteiger partial charge in [0.2, 0.25) is 0 Å². The molecular formula is C18H21N3. The van der Waals surface area contributed by atoms with E-state index in [2.05, 4.69) is 65.4 Å². The number of hydrogen-bond acceptors (Lipinski definition) is 2. The van der Waals surface area contributed by atoms with Gasteiger partial charge in [-0.2, -0.15) is 0 Å². The van der Waals surface area contributed by atoms with Crippen LogP contribution in [0.1, 0.15) is 24.5 Å². The van der Waals surface area contributed by atoms with Crippen LogP contribution in [0.2, 0.25) is 0 Å². The summed E-state index contributed by atoms with van der Waals surface area (Å²) in [5.74, 6) is 0. The van der Waals surface area contributed by atoms with Crippen molar-refractivity contribution in [3.63, 3.8) is 0 Å². The van der Waals surface area contributed by atoms with Crippen LogP contribution in [0.15, 0.2) is 48.9 Å². The molecule has 3 nitrogen and oxygen atoms in total. The lowest BCUT2D eigenvalue weighted by Crippen LogP contribution is -2.00. The second-order valence-electron chi connectivity index (χ2n) is 5.44. The highest BCUT2D eigenvalue weighted by molar-refractivity contribution is 5.93. The molecule has 0 amide bonds. The number of hydrogen-bond donors (Lipinski definition) is 1. The highest BCUT2D eigenvalue weighted by atomic mass is 14.9. The minimum Gasteiger partial charge on any atom is -0.380 e. The zero-order valence-corrected chi connectivity index (χ0v) is 12.6. The van der Waals surface area contributed by atoms with Crippen LogP contribution < -0.4 is 5.32 Å². The molecule has 0 aliphatic heterocycles. The topological polar surface area (TPSA) is 29.9 Å². The van der Waals surface area contributed by atoms with E-state index in [0.717, 1.165) is 30.7 Å². The number of nitrogens with one attached hydrogen (secondary N) is 1. The summed E-state index contributed by atoms with van der Waals surface area (Å²) < 4.78 is 2.24. The van der Waals surface area contributed by atoms with E-state index >= 15 is 0 Å². The van der Waals surface area contributed by atoms with Gasteiger partial charge in [-0.05, 0) is 48.7 Å². The molecule has 108 valence electrons. The maximum atomic E-state index is 4.48. The first-order valence-corrected chi connectivity index (χ1v) is 7.51. The quantitative estimate of drug-likeness (QED) is 0.751. The lowest BCUT2D eigenvalue weighted by Gasteiger charge is -2.10. The lowest BCUT2D eigenvalue weighted by molar-refractivity contribution is 0.682. The molecule has 3 rings (SSSR count). The predicted molar refractivity (Wildman–Crippen MR) is 88.5 cm³/mol. The van der Waals surface area contributed by atoms with E-state index in [-0.39, 0.29) is 0 Å². The Kier molecular flexibility index (Phi) is 3.91. The van der Waals surface area contributed by atoms with E-state index in [1.807, 2.05) is 12.3 Å². The van der Waals surface area contributed by atoms with Crippen molar-refractivity contribution in [3.8, 4) is 0 Å². The summed E-state index contributed by atoms with van der Waals surface area (Å²) in [7, 11) is 0. The van der Waals surface area contributed by atoms with Crippen LogP contribution >= 0.6 is 0 Å². The van der Waals surface area contributed by atoms with Crippen molar-refractivity contribution >= 4 is 16.6 Å². The van der Waals surface area contributed by atoms with E-state index in [1.54, 1.807) is 0 Å². The summed E-state index contributed by atoms with van der Waals surface area (Å²) in [5, 5.41) is 4.72. The molecule has 21 heavy (non-hydrogen) atoms. The number of nitrogens with zero attached hydrogens (tertiary/aromatic N) is 2. The van der Waals surface area contributed by atoms with Crippen molar-refractivity contribution < 1.29 is 0 Å². The third-order valence-corrected chi connectivity index (χ3v) is 3.75. The molecule has 1 N–H and O–H groups in total. The lowest BCUT2D eigenvalue weighted by atomic mass is 10.1. The van der Waals surface area contributed by atoms with Gasteiger partial charge in [-0.1, -0.05) is 13.0 Å². The molecule has 0 saturated carbocycles. The van der Waals surface area contributed by atoms with E-state index in [0.29, 0.717) is 0 Å². The summed E-state index contributed by atoms with van der Waals surface area (Å²) in [6.07, 6.45) is 7.38. The molecule has 3 heteroatoms. The first kappa shape index (κ1) is 13.7. The van der Waals surface area contributed by atoms with Crippen LogP contribution in [-0.4, -0.2) is 9.55 Å². The Bertz CT molecular complexity index is 743. The van der Waals surface area contributed by atoms with Crippen LogP contribution in [-0.2, 0) is 13.1 Å². The van der Waals surface area contributed by atoms with Crippen molar-refractivity contribution in [1.82, 2.24) is 9.55 Å². The van der Waals surface area contributed by atoms with Gasteiger partial charge in [0.15, 0.2) is 0 Å². The highest BCUT2D eigenvalue weighted by Crippen LogP contribution is 2.25. The van der Waals surface area contributed by atoms with Gasteiger partial charge in [-0.25, -0.2) is 0 Å². The van der Waals surface area contributed by atoms with Gasteiger partial charge >= 0.3 is 0 Å². The van der Waals surface area contributed by atoms with Crippen LogP contribution in [0.25, 0.3) is 10.9 Å². The summed E-state index contributed by atoms with van der Waals surface area (Å²) in [6, 6.07) is 10.6.